The maximum Gasteiger partial charge on any atom is 0.263 e. The first-order valence-corrected chi connectivity index (χ1v) is 7.85. The number of hydrogen-bond acceptors (Lipinski definition) is 3. The third-order valence-corrected chi connectivity index (χ3v) is 4.56. The molecule has 0 aliphatic rings. The highest BCUT2D eigenvalue weighted by Crippen LogP contribution is 2.35. The Morgan fingerprint density at radius 2 is 2.21 bits per heavy atom. The van der Waals surface area contributed by atoms with Crippen molar-refractivity contribution < 1.29 is 4.79 Å². The molecular weight excluding hydrogens is 324 g/mol. The molecule has 0 bridgehead atoms. The van der Waals surface area contributed by atoms with Crippen molar-refractivity contribution in [3.05, 3.63) is 27.5 Å². The number of nitrogens with one attached hydrogen (secondary N) is 1. The number of rotatable bonds is 4. The van der Waals surface area contributed by atoms with E-state index in [0.717, 1.165) is 21.0 Å². The van der Waals surface area contributed by atoms with Gasteiger partial charge in [-0.1, -0.05) is 35.8 Å². The lowest BCUT2D eigenvalue weighted by Gasteiger charge is -2.06. The summed E-state index contributed by atoms with van der Waals surface area (Å²) in [7, 11) is 0. The van der Waals surface area contributed by atoms with Crippen LogP contribution in [0.3, 0.4) is 0 Å². The first kappa shape index (κ1) is 14.3. The SMILES string of the molecule is CC(C)CCNC(=O)c1sc2cc(Br)ccc2c1N. The third-order valence-electron chi connectivity index (χ3n) is 2.90. The van der Waals surface area contributed by atoms with E-state index in [1.54, 1.807) is 0 Å². The van der Waals surface area contributed by atoms with Crippen LogP contribution in [0.15, 0.2) is 22.7 Å². The Morgan fingerprint density at radius 1 is 1.47 bits per heavy atom. The molecule has 1 aromatic heterocycles. The summed E-state index contributed by atoms with van der Waals surface area (Å²) in [6.45, 7) is 4.96. The predicted molar refractivity (Wildman–Crippen MR) is 85.7 cm³/mol. The summed E-state index contributed by atoms with van der Waals surface area (Å²) in [5.41, 5.74) is 6.63. The Bertz CT molecular complexity index is 607. The maximum atomic E-state index is 12.1. The highest BCUT2D eigenvalue weighted by atomic mass is 79.9. The molecule has 3 N–H and O–H groups in total. The van der Waals surface area contributed by atoms with Gasteiger partial charge in [-0.2, -0.15) is 0 Å². The van der Waals surface area contributed by atoms with Crippen molar-refractivity contribution in [3.8, 4) is 0 Å². The van der Waals surface area contributed by atoms with E-state index in [4.69, 9.17) is 5.73 Å². The predicted octanol–water partition coefficient (Wildman–Crippen LogP) is 4.02. The molecule has 2 aromatic rings. The number of anilines is 1. The highest BCUT2D eigenvalue weighted by Gasteiger charge is 2.16. The lowest BCUT2D eigenvalue weighted by molar-refractivity contribution is 0.0957. The van der Waals surface area contributed by atoms with Gasteiger partial charge in [0.25, 0.3) is 5.91 Å². The fourth-order valence-corrected chi connectivity index (χ4v) is 3.40. The Labute approximate surface area is 125 Å². The number of fused-ring (bicyclic) bond motifs is 1. The summed E-state index contributed by atoms with van der Waals surface area (Å²) >= 11 is 4.86. The van der Waals surface area contributed by atoms with Gasteiger partial charge in [0, 0.05) is 21.1 Å². The summed E-state index contributed by atoms with van der Waals surface area (Å²) in [6.07, 6.45) is 0.974. The number of carbonyl (C=O) groups excluding carboxylic acids is 1. The number of carbonyl (C=O) groups is 1. The molecule has 0 atom stereocenters. The zero-order chi connectivity index (χ0) is 14.0. The quantitative estimate of drug-likeness (QED) is 0.882. The van der Waals surface area contributed by atoms with E-state index in [0.29, 0.717) is 23.0 Å². The molecule has 0 radical (unpaired) electrons. The molecule has 3 nitrogen and oxygen atoms in total. The molecule has 0 aliphatic heterocycles. The summed E-state index contributed by atoms with van der Waals surface area (Å²) < 4.78 is 2.02. The van der Waals surface area contributed by atoms with Crippen molar-refractivity contribution in [2.24, 2.45) is 5.92 Å². The molecule has 0 fully saturated rings. The minimum absolute atomic E-state index is 0.0736. The van der Waals surface area contributed by atoms with E-state index >= 15 is 0 Å². The fourth-order valence-electron chi connectivity index (χ4n) is 1.81. The van der Waals surface area contributed by atoms with Gasteiger partial charge in [0.1, 0.15) is 4.88 Å². The summed E-state index contributed by atoms with van der Waals surface area (Å²) in [5.74, 6) is 0.506. The van der Waals surface area contributed by atoms with Gasteiger partial charge in [0.05, 0.1) is 5.69 Å². The van der Waals surface area contributed by atoms with Gasteiger partial charge >= 0.3 is 0 Å². The van der Waals surface area contributed by atoms with Crippen LogP contribution >= 0.6 is 27.3 Å². The van der Waals surface area contributed by atoms with E-state index in [2.05, 4.69) is 35.1 Å². The topological polar surface area (TPSA) is 55.1 Å². The molecule has 1 aromatic carbocycles. The Hall–Kier alpha value is -1.07. The molecule has 0 aliphatic carbocycles. The van der Waals surface area contributed by atoms with Crippen LogP contribution in [-0.2, 0) is 0 Å². The second-order valence-corrected chi connectivity index (χ2v) is 6.89. The lowest BCUT2D eigenvalue weighted by Crippen LogP contribution is -2.25. The number of nitrogens with two attached hydrogens (primary N) is 1. The number of benzene rings is 1. The van der Waals surface area contributed by atoms with Crippen LogP contribution in [0.25, 0.3) is 10.1 Å². The summed E-state index contributed by atoms with van der Waals surface area (Å²) in [4.78, 5) is 12.7. The van der Waals surface area contributed by atoms with Gasteiger partial charge in [-0.15, -0.1) is 11.3 Å². The summed E-state index contributed by atoms with van der Waals surface area (Å²) in [5, 5.41) is 3.87. The van der Waals surface area contributed by atoms with Crippen molar-refractivity contribution in [1.29, 1.82) is 0 Å². The highest BCUT2D eigenvalue weighted by molar-refractivity contribution is 9.10. The Kier molecular flexibility index (Phi) is 4.47. The molecule has 102 valence electrons. The van der Waals surface area contributed by atoms with E-state index < -0.39 is 0 Å². The van der Waals surface area contributed by atoms with Crippen LogP contribution in [-0.4, -0.2) is 12.5 Å². The largest absolute Gasteiger partial charge is 0.397 e. The monoisotopic (exact) mass is 340 g/mol. The van der Waals surface area contributed by atoms with E-state index in [1.807, 2.05) is 18.2 Å². The van der Waals surface area contributed by atoms with Crippen LogP contribution in [0.2, 0.25) is 0 Å². The smallest absolute Gasteiger partial charge is 0.263 e. The van der Waals surface area contributed by atoms with Crippen LogP contribution < -0.4 is 11.1 Å². The Morgan fingerprint density at radius 3 is 2.89 bits per heavy atom. The molecule has 0 saturated carbocycles. The molecule has 0 spiro atoms. The third kappa shape index (κ3) is 3.28. The minimum atomic E-state index is -0.0736. The minimum Gasteiger partial charge on any atom is -0.397 e. The molecule has 19 heavy (non-hydrogen) atoms. The standard InChI is InChI=1S/C14H17BrN2OS/c1-8(2)5-6-17-14(18)13-12(16)10-4-3-9(15)7-11(10)19-13/h3-4,7-8H,5-6,16H2,1-2H3,(H,17,18). The molecule has 0 saturated heterocycles. The number of thiophene rings is 1. The lowest BCUT2D eigenvalue weighted by atomic mass is 10.1. The summed E-state index contributed by atoms with van der Waals surface area (Å²) in [6, 6.07) is 5.86. The van der Waals surface area contributed by atoms with Crippen molar-refractivity contribution in [2.75, 3.05) is 12.3 Å². The second-order valence-electron chi connectivity index (χ2n) is 4.92. The van der Waals surface area contributed by atoms with Crippen LogP contribution in [0.4, 0.5) is 5.69 Å². The normalized spacial score (nSPS) is 11.2. The molecule has 1 amide bonds. The molecule has 5 heteroatoms. The van der Waals surface area contributed by atoms with E-state index in [-0.39, 0.29) is 5.91 Å². The number of halogens is 1. The fraction of sp³-hybridized carbons (Fsp3) is 0.357. The van der Waals surface area contributed by atoms with Crippen molar-refractivity contribution in [3.63, 3.8) is 0 Å². The molecule has 1 heterocycles. The first-order chi connectivity index (χ1) is 8.99. The van der Waals surface area contributed by atoms with Crippen molar-refractivity contribution in [2.45, 2.75) is 20.3 Å². The van der Waals surface area contributed by atoms with Gasteiger partial charge in [0.15, 0.2) is 0 Å². The van der Waals surface area contributed by atoms with Gasteiger partial charge in [-0.3, -0.25) is 4.79 Å². The van der Waals surface area contributed by atoms with E-state index in [1.165, 1.54) is 11.3 Å². The average molecular weight is 341 g/mol. The van der Waals surface area contributed by atoms with Crippen molar-refractivity contribution in [1.82, 2.24) is 5.32 Å². The maximum absolute atomic E-state index is 12.1. The van der Waals surface area contributed by atoms with E-state index in [9.17, 15) is 4.79 Å². The van der Waals surface area contributed by atoms with Crippen molar-refractivity contribution >= 4 is 48.9 Å². The van der Waals surface area contributed by atoms with Gasteiger partial charge in [0.2, 0.25) is 0 Å². The average Bonchev–Trinajstić information content (AvgIpc) is 2.65. The number of nitrogen functional groups attached to an aromatic ring is 1. The number of amides is 1. The number of hydrogen-bond donors (Lipinski definition) is 2. The zero-order valence-corrected chi connectivity index (χ0v) is 13.4. The molecular formula is C14H17BrN2OS. The first-order valence-electron chi connectivity index (χ1n) is 6.24. The second kappa shape index (κ2) is 5.92. The van der Waals surface area contributed by atoms with Crippen LogP contribution in [0.1, 0.15) is 29.9 Å². The van der Waals surface area contributed by atoms with Crippen LogP contribution in [0.5, 0.6) is 0 Å². The zero-order valence-electron chi connectivity index (χ0n) is 11.0. The molecule has 2 rings (SSSR count). The van der Waals surface area contributed by atoms with Crippen LogP contribution in [0, 0.1) is 5.92 Å². The molecule has 0 unspecified atom stereocenters. The van der Waals surface area contributed by atoms with Gasteiger partial charge in [-0.25, -0.2) is 0 Å². The Balaban J connectivity index is 2.20. The van der Waals surface area contributed by atoms with Gasteiger partial charge < -0.3 is 11.1 Å². The van der Waals surface area contributed by atoms with Gasteiger partial charge in [-0.05, 0) is 24.5 Å².